The van der Waals surface area contributed by atoms with Gasteiger partial charge in [-0.05, 0) is 66.1 Å². The van der Waals surface area contributed by atoms with Gasteiger partial charge in [-0.25, -0.2) is 22.8 Å². The lowest BCUT2D eigenvalue weighted by molar-refractivity contribution is -0.116. The average Bonchev–Trinajstić information content (AvgIpc) is 3.31. The summed E-state index contributed by atoms with van der Waals surface area (Å²) in [5.41, 5.74) is 4.63. The molecule has 1 amide bonds. The molecule has 10 heteroatoms. The highest BCUT2D eigenvalue weighted by molar-refractivity contribution is 7.91. The van der Waals surface area contributed by atoms with Crippen molar-refractivity contribution >= 4 is 38.3 Å². The average molecular weight is 534 g/mol. The van der Waals surface area contributed by atoms with Crippen molar-refractivity contribution in [3.05, 3.63) is 65.2 Å². The van der Waals surface area contributed by atoms with Gasteiger partial charge in [0.25, 0.3) is 0 Å². The van der Waals surface area contributed by atoms with Gasteiger partial charge >= 0.3 is 0 Å². The van der Waals surface area contributed by atoms with Gasteiger partial charge in [0, 0.05) is 17.7 Å². The minimum Gasteiger partial charge on any atom is -0.362 e. The summed E-state index contributed by atoms with van der Waals surface area (Å²) in [5, 5.41) is 6.92. The number of benzene rings is 2. The fraction of sp³-hybridized carbons (Fsp3) is 0.321. The first kappa shape index (κ1) is 24.5. The second kappa shape index (κ2) is 9.20. The van der Waals surface area contributed by atoms with Crippen molar-refractivity contribution in [2.75, 3.05) is 16.4 Å². The van der Waals surface area contributed by atoms with E-state index in [2.05, 4.69) is 39.4 Å². The molecule has 0 fully saturated rings. The Bertz CT molecular complexity index is 1700. The van der Waals surface area contributed by atoms with Crippen molar-refractivity contribution in [1.29, 1.82) is 0 Å². The minimum atomic E-state index is -3.29. The number of halogens is 1. The van der Waals surface area contributed by atoms with E-state index in [4.69, 9.17) is 0 Å². The van der Waals surface area contributed by atoms with Gasteiger partial charge in [0.1, 0.15) is 23.6 Å². The van der Waals surface area contributed by atoms with Gasteiger partial charge in [-0.15, -0.1) is 0 Å². The lowest BCUT2D eigenvalue weighted by Gasteiger charge is -2.26. The number of carbonyl (C=O) groups excluding carboxylic acids is 1. The quantitative estimate of drug-likeness (QED) is 0.326. The summed E-state index contributed by atoms with van der Waals surface area (Å²) in [4.78, 5) is 24.2. The Morgan fingerprint density at radius 3 is 2.68 bits per heavy atom. The number of amides is 1. The Morgan fingerprint density at radius 2 is 1.87 bits per heavy atom. The molecule has 4 aromatic rings. The molecule has 3 N–H and O–H groups in total. The van der Waals surface area contributed by atoms with E-state index in [0.29, 0.717) is 58.0 Å². The topological polar surface area (TPSA) is 117 Å². The van der Waals surface area contributed by atoms with Crippen LogP contribution < -0.4 is 10.6 Å². The highest BCUT2D eigenvalue weighted by Gasteiger charge is 2.27. The summed E-state index contributed by atoms with van der Waals surface area (Å²) >= 11 is 0. The Kier molecular flexibility index (Phi) is 5.94. The van der Waals surface area contributed by atoms with Gasteiger partial charge in [0.2, 0.25) is 5.91 Å². The summed E-state index contributed by atoms with van der Waals surface area (Å²) in [6.45, 7) is 4.13. The minimum absolute atomic E-state index is 0.113. The molecule has 2 aliphatic rings. The molecule has 1 atom stereocenters. The van der Waals surface area contributed by atoms with E-state index >= 15 is 4.39 Å². The maximum atomic E-state index is 15.1. The molecular weight excluding hydrogens is 505 g/mol. The fourth-order valence-electron chi connectivity index (χ4n) is 5.41. The number of carbonyl (C=O) groups is 1. The highest BCUT2D eigenvalue weighted by Crippen LogP contribution is 2.36. The number of H-pyrrole nitrogens is 1. The molecule has 2 aromatic heterocycles. The number of hydrogen-bond donors (Lipinski definition) is 3. The standard InChI is InChI=1S/C28H28FN5O3S/c1-15(2)26(18-6-5-16-4-3-9-38(36,37)24(16)11-18)34-28-20-12-23(33-27(20)30-14-31-28)19-10-17-7-8-25(35)32-22(17)13-21(19)29/h5-6,10-15,26H,3-4,7-9H2,1-2H3,(H,32,35)(H2,30,31,33,34)/t26-/m1/s1. The number of nitrogens with zero attached hydrogens (tertiary/aromatic N) is 2. The molecule has 6 rings (SSSR count). The molecule has 8 nitrogen and oxygen atoms in total. The van der Waals surface area contributed by atoms with Gasteiger partial charge in [-0.2, -0.15) is 0 Å². The summed E-state index contributed by atoms with van der Waals surface area (Å²) < 4.78 is 40.5. The van der Waals surface area contributed by atoms with Gasteiger partial charge in [0.15, 0.2) is 9.84 Å². The summed E-state index contributed by atoms with van der Waals surface area (Å²) in [6.07, 6.45) is 3.77. The predicted octanol–water partition coefficient (Wildman–Crippen LogP) is 5.18. The summed E-state index contributed by atoms with van der Waals surface area (Å²) in [6, 6.07) is 10.4. The number of anilines is 2. The molecular formula is C28H28FN5O3S. The highest BCUT2D eigenvalue weighted by atomic mass is 32.2. The molecule has 38 heavy (non-hydrogen) atoms. The number of sulfone groups is 1. The monoisotopic (exact) mass is 533 g/mol. The second-order valence-electron chi connectivity index (χ2n) is 10.4. The Hall–Kier alpha value is -3.79. The summed E-state index contributed by atoms with van der Waals surface area (Å²) in [7, 11) is -3.29. The maximum Gasteiger partial charge on any atom is 0.224 e. The number of aryl methyl sites for hydroxylation is 2. The van der Waals surface area contributed by atoms with Crippen LogP contribution in [0, 0.1) is 11.7 Å². The van der Waals surface area contributed by atoms with Crippen molar-refractivity contribution in [3.8, 4) is 11.3 Å². The van der Waals surface area contributed by atoms with Gasteiger partial charge < -0.3 is 15.6 Å². The van der Waals surface area contributed by atoms with Crippen LogP contribution in [0.15, 0.2) is 47.6 Å². The van der Waals surface area contributed by atoms with Crippen LogP contribution in [0.5, 0.6) is 0 Å². The fourth-order valence-corrected chi connectivity index (χ4v) is 7.04. The number of aromatic amines is 1. The first-order chi connectivity index (χ1) is 18.2. The molecule has 2 aromatic carbocycles. The van der Waals surface area contributed by atoms with Crippen LogP contribution in [0.4, 0.5) is 15.9 Å². The Balaban J connectivity index is 1.37. The smallest absolute Gasteiger partial charge is 0.224 e. The zero-order chi connectivity index (χ0) is 26.6. The number of nitrogens with one attached hydrogen (secondary N) is 3. The first-order valence-corrected chi connectivity index (χ1v) is 14.4. The van der Waals surface area contributed by atoms with Crippen molar-refractivity contribution < 1.29 is 17.6 Å². The van der Waals surface area contributed by atoms with Crippen molar-refractivity contribution in [3.63, 3.8) is 0 Å². The lowest BCUT2D eigenvalue weighted by atomic mass is 9.94. The van der Waals surface area contributed by atoms with Crippen molar-refractivity contribution in [2.24, 2.45) is 5.92 Å². The zero-order valence-electron chi connectivity index (χ0n) is 21.1. The third kappa shape index (κ3) is 4.32. The maximum absolute atomic E-state index is 15.1. The third-order valence-corrected chi connectivity index (χ3v) is 9.28. The molecule has 0 saturated heterocycles. The van der Waals surface area contributed by atoms with E-state index in [0.717, 1.165) is 23.1 Å². The number of aromatic nitrogens is 3. The molecule has 2 aliphatic heterocycles. The summed E-state index contributed by atoms with van der Waals surface area (Å²) in [5.74, 6) is 0.305. The van der Waals surface area contributed by atoms with E-state index < -0.39 is 15.7 Å². The number of rotatable bonds is 5. The van der Waals surface area contributed by atoms with E-state index in [-0.39, 0.29) is 23.6 Å². The molecule has 196 valence electrons. The molecule has 0 spiro atoms. The second-order valence-corrected chi connectivity index (χ2v) is 12.4. The van der Waals surface area contributed by atoms with Crippen molar-refractivity contribution in [1.82, 2.24) is 15.0 Å². The third-order valence-electron chi connectivity index (χ3n) is 7.41. The van der Waals surface area contributed by atoms with Crippen LogP contribution in [0.2, 0.25) is 0 Å². The SMILES string of the molecule is CC(C)[C@@H](Nc1ncnc2[nH]c(-c3cc4c(cc3F)NC(=O)CC4)cc12)c1ccc2c(c1)S(=O)(=O)CCC2. The number of fused-ring (bicyclic) bond motifs is 3. The zero-order valence-corrected chi connectivity index (χ0v) is 22.0. The van der Waals surface area contributed by atoms with Gasteiger partial charge in [-0.1, -0.05) is 26.0 Å². The van der Waals surface area contributed by atoms with E-state index in [1.165, 1.54) is 12.4 Å². The van der Waals surface area contributed by atoms with Crippen LogP contribution in [0.1, 0.15) is 49.4 Å². The molecule has 0 bridgehead atoms. The molecule has 0 saturated carbocycles. The Labute approximate surface area is 220 Å². The van der Waals surface area contributed by atoms with E-state index in [1.54, 1.807) is 12.1 Å². The van der Waals surface area contributed by atoms with Crippen LogP contribution in [0.3, 0.4) is 0 Å². The largest absolute Gasteiger partial charge is 0.362 e. The van der Waals surface area contributed by atoms with Crippen LogP contribution >= 0.6 is 0 Å². The molecule has 4 heterocycles. The van der Waals surface area contributed by atoms with Gasteiger partial charge in [0.05, 0.1) is 27.8 Å². The van der Waals surface area contributed by atoms with Crippen LogP contribution in [-0.4, -0.2) is 35.0 Å². The van der Waals surface area contributed by atoms with Crippen molar-refractivity contribution in [2.45, 2.75) is 50.5 Å². The first-order valence-electron chi connectivity index (χ1n) is 12.8. The Morgan fingerprint density at radius 1 is 1.03 bits per heavy atom. The van der Waals surface area contributed by atoms with Gasteiger partial charge in [-0.3, -0.25) is 4.79 Å². The van der Waals surface area contributed by atoms with E-state index in [9.17, 15) is 13.2 Å². The predicted molar refractivity (Wildman–Crippen MR) is 144 cm³/mol. The molecule has 0 aliphatic carbocycles. The van der Waals surface area contributed by atoms with Crippen LogP contribution in [-0.2, 0) is 27.5 Å². The molecule has 0 unspecified atom stereocenters. The van der Waals surface area contributed by atoms with E-state index in [1.807, 2.05) is 18.2 Å². The normalized spacial score (nSPS) is 17.1. The van der Waals surface area contributed by atoms with Crippen LogP contribution in [0.25, 0.3) is 22.3 Å². The number of hydrogen-bond acceptors (Lipinski definition) is 6. The lowest BCUT2D eigenvalue weighted by Crippen LogP contribution is -2.20. The molecule has 0 radical (unpaired) electrons.